The maximum Gasteiger partial charge on any atom is 0.337 e. The van der Waals surface area contributed by atoms with Crippen LogP contribution >= 0.6 is 0 Å². The number of carbonyl (C=O) groups excluding carboxylic acids is 2. The topological polar surface area (TPSA) is 97.2 Å². The molecule has 32 heavy (non-hydrogen) atoms. The second-order valence-electron chi connectivity index (χ2n) is 7.65. The van der Waals surface area contributed by atoms with Crippen molar-refractivity contribution in [2.75, 3.05) is 18.2 Å². The Morgan fingerprint density at radius 3 is 2.19 bits per heavy atom. The second-order valence-corrected chi connectivity index (χ2v) is 7.65. The number of ether oxygens (including phenoxy) is 1. The number of rotatable bonds is 7. The minimum Gasteiger partial charge on any atom is -0.465 e. The Morgan fingerprint density at radius 2 is 1.53 bits per heavy atom. The number of carbonyl (C=O) groups is 2. The van der Waals surface area contributed by atoms with Gasteiger partial charge in [0, 0.05) is 16.6 Å². The molecular formula is C26H25N3O3. The molecule has 0 aliphatic rings. The van der Waals surface area contributed by atoms with Crippen LogP contribution in [0.1, 0.15) is 38.3 Å². The van der Waals surface area contributed by atoms with Gasteiger partial charge in [-0.2, -0.15) is 0 Å². The number of fused-ring (bicyclic) bond motifs is 1. The fraction of sp³-hybridized carbons (Fsp3) is 0.154. The molecule has 162 valence electrons. The predicted octanol–water partition coefficient (Wildman–Crippen LogP) is 4.96. The summed E-state index contributed by atoms with van der Waals surface area (Å²) in [6.45, 7) is 0. The number of aryl methyl sites for hydroxylation is 2. The van der Waals surface area contributed by atoms with Gasteiger partial charge in [0.05, 0.1) is 18.2 Å². The van der Waals surface area contributed by atoms with Gasteiger partial charge in [-0.05, 0) is 60.7 Å². The number of aromatic nitrogens is 1. The highest BCUT2D eigenvalue weighted by molar-refractivity contribution is 6.16. The van der Waals surface area contributed by atoms with Gasteiger partial charge in [-0.3, -0.25) is 4.79 Å². The number of nitrogens with one attached hydrogen (secondary N) is 2. The minimum atomic E-state index is -0.323. The second kappa shape index (κ2) is 9.39. The summed E-state index contributed by atoms with van der Waals surface area (Å²) in [7, 11) is 1.38. The van der Waals surface area contributed by atoms with E-state index < -0.39 is 0 Å². The molecule has 0 saturated carbocycles. The smallest absolute Gasteiger partial charge is 0.337 e. The summed E-state index contributed by atoms with van der Waals surface area (Å²) in [6, 6.07) is 22.9. The quantitative estimate of drug-likeness (QED) is 0.363. The van der Waals surface area contributed by atoms with Gasteiger partial charge in [0.25, 0.3) is 5.91 Å². The van der Waals surface area contributed by atoms with E-state index in [1.165, 1.54) is 18.2 Å². The molecule has 0 saturated heterocycles. The maximum absolute atomic E-state index is 12.8. The number of nitrogens with two attached hydrogens (primary N) is 1. The SMILES string of the molecule is COC(=O)c1ccc(CCCc2ccc(NC(=O)c3c(N)[nH]c4ccccc34)cc2)cc1. The lowest BCUT2D eigenvalue weighted by molar-refractivity contribution is 0.0600. The van der Waals surface area contributed by atoms with Crippen LogP contribution in [0.2, 0.25) is 0 Å². The molecule has 0 fully saturated rings. The van der Waals surface area contributed by atoms with E-state index in [9.17, 15) is 9.59 Å². The zero-order chi connectivity index (χ0) is 22.5. The maximum atomic E-state index is 12.8. The van der Waals surface area contributed by atoms with Crippen molar-refractivity contribution in [2.24, 2.45) is 0 Å². The summed E-state index contributed by atoms with van der Waals surface area (Å²) >= 11 is 0. The van der Waals surface area contributed by atoms with Gasteiger partial charge in [0.2, 0.25) is 0 Å². The number of benzene rings is 3. The lowest BCUT2D eigenvalue weighted by atomic mass is 10.0. The van der Waals surface area contributed by atoms with Crippen molar-refractivity contribution < 1.29 is 14.3 Å². The number of hydrogen-bond donors (Lipinski definition) is 3. The normalized spacial score (nSPS) is 10.8. The Hall–Kier alpha value is -4.06. The first-order chi connectivity index (χ1) is 15.5. The number of para-hydroxylation sites is 1. The number of nitrogen functional groups attached to an aromatic ring is 1. The molecule has 6 heteroatoms. The van der Waals surface area contributed by atoms with Crippen molar-refractivity contribution in [2.45, 2.75) is 19.3 Å². The van der Waals surface area contributed by atoms with E-state index in [1.54, 1.807) is 12.1 Å². The number of H-pyrrole nitrogens is 1. The molecule has 0 aliphatic heterocycles. The van der Waals surface area contributed by atoms with Gasteiger partial charge in [-0.1, -0.05) is 42.5 Å². The van der Waals surface area contributed by atoms with Crippen molar-refractivity contribution in [3.8, 4) is 0 Å². The van der Waals surface area contributed by atoms with Gasteiger partial charge < -0.3 is 20.8 Å². The first-order valence-corrected chi connectivity index (χ1v) is 10.5. The highest BCUT2D eigenvalue weighted by Gasteiger charge is 2.16. The molecule has 4 rings (SSSR count). The highest BCUT2D eigenvalue weighted by atomic mass is 16.5. The van der Waals surface area contributed by atoms with Crippen LogP contribution in [0.5, 0.6) is 0 Å². The van der Waals surface area contributed by atoms with E-state index in [0.717, 1.165) is 35.9 Å². The van der Waals surface area contributed by atoms with Crippen molar-refractivity contribution in [1.82, 2.24) is 4.98 Å². The summed E-state index contributed by atoms with van der Waals surface area (Å²) < 4.78 is 4.72. The number of anilines is 2. The molecular weight excluding hydrogens is 402 g/mol. The van der Waals surface area contributed by atoms with E-state index in [4.69, 9.17) is 10.5 Å². The third kappa shape index (κ3) is 4.64. The Morgan fingerprint density at radius 1 is 0.906 bits per heavy atom. The Labute approximate surface area is 186 Å². The Kier molecular flexibility index (Phi) is 6.22. The molecule has 1 heterocycles. The average molecular weight is 428 g/mol. The molecule has 0 unspecified atom stereocenters. The monoisotopic (exact) mass is 427 g/mol. The number of esters is 1. The average Bonchev–Trinajstić information content (AvgIpc) is 3.16. The minimum absolute atomic E-state index is 0.233. The summed E-state index contributed by atoms with van der Waals surface area (Å²) in [5.74, 6) is -0.195. The molecule has 0 radical (unpaired) electrons. The summed E-state index contributed by atoms with van der Waals surface area (Å²) in [4.78, 5) is 27.3. The zero-order valence-corrected chi connectivity index (χ0v) is 17.9. The molecule has 1 amide bonds. The lowest BCUT2D eigenvalue weighted by Crippen LogP contribution is -2.13. The van der Waals surface area contributed by atoms with Crippen molar-refractivity contribution >= 4 is 34.3 Å². The van der Waals surface area contributed by atoms with E-state index in [0.29, 0.717) is 16.9 Å². The van der Waals surface area contributed by atoms with Crippen LogP contribution in [0.3, 0.4) is 0 Å². The first kappa shape index (κ1) is 21.2. The number of aromatic amines is 1. The molecule has 4 aromatic rings. The third-order valence-electron chi connectivity index (χ3n) is 5.48. The summed E-state index contributed by atoms with van der Waals surface area (Å²) in [6.07, 6.45) is 2.82. The van der Waals surface area contributed by atoms with Crippen LogP contribution in [0.15, 0.2) is 72.8 Å². The molecule has 4 N–H and O–H groups in total. The summed E-state index contributed by atoms with van der Waals surface area (Å²) in [5.41, 5.74) is 11.0. The van der Waals surface area contributed by atoms with Crippen LogP contribution in [0.25, 0.3) is 10.9 Å². The Balaban J connectivity index is 1.32. The van der Waals surface area contributed by atoms with Crippen molar-refractivity contribution in [1.29, 1.82) is 0 Å². The van der Waals surface area contributed by atoms with Crippen molar-refractivity contribution in [3.05, 3.63) is 95.1 Å². The standard InChI is InChI=1S/C26H25N3O3/c1-32-26(31)19-13-9-17(10-14-19)5-4-6-18-11-15-20(16-12-18)28-25(30)23-21-7-2-3-8-22(21)29-24(23)27/h2-3,7-16,29H,4-6,27H2,1H3,(H,28,30). The highest BCUT2D eigenvalue weighted by Crippen LogP contribution is 2.25. The lowest BCUT2D eigenvalue weighted by Gasteiger charge is -2.07. The third-order valence-corrected chi connectivity index (χ3v) is 5.48. The van der Waals surface area contributed by atoms with Crippen LogP contribution in [0, 0.1) is 0 Å². The summed E-state index contributed by atoms with van der Waals surface area (Å²) in [5, 5.41) is 3.73. The van der Waals surface area contributed by atoms with Gasteiger partial charge in [0.1, 0.15) is 5.82 Å². The number of methoxy groups -OCH3 is 1. The molecule has 0 atom stereocenters. The van der Waals surface area contributed by atoms with E-state index in [1.807, 2.05) is 60.7 Å². The first-order valence-electron chi connectivity index (χ1n) is 10.5. The Bertz CT molecular complexity index is 1240. The van der Waals surface area contributed by atoms with Crippen LogP contribution < -0.4 is 11.1 Å². The van der Waals surface area contributed by atoms with Gasteiger partial charge in [-0.15, -0.1) is 0 Å². The van der Waals surface area contributed by atoms with Crippen molar-refractivity contribution in [3.63, 3.8) is 0 Å². The number of hydrogen-bond acceptors (Lipinski definition) is 4. The van der Waals surface area contributed by atoms with Crippen LogP contribution in [-0.4, -0.2) is 24.0 Å². The molecule has 6 nitrogen and oxygen atoms in total. The van der Waals surface area contributed by atoms with Crippen LogP contribution in [0.4, 0.5) is 11.5 Å². The zero-order valence-electron chi connectivity index (χ0n) is 17.9. The molecule has 1 aromatic heterocycles. The largest absolute Gasteiger partial charge is 0.465 e. The van der Waals surface area contributed by atoms with Gasteiger partial charge in [0.15, 0.2) is 0 Å². The van der Waals surface area contributed by atoms with Gasteiger partial charge >= 0.3 is 5.97 Å². The fourth-order valence-electron chi connectivity index (χ4n) is 3.78. The molecule has 0 spiro atoms. The molecule has 0 aliphatic carbocycles. The van der Waals surface area contributed by atoms with Crippen LogP contribution in [-0.2, 0) is 17.6 Å². The molecule has 0 bridgehead atoms. The van der Waals surface area contributed by atoms with Gasteiger partial charge in [-0.25, -0.2) is 4.79 Å². The van der Waals surface area contributed by atoms with E-state index in [2.05, 4.69) is 10.3 Å². The molecule has 3 aromatic carbocycles. The van der Waals surface area contributed by atoms with E-state index >= 15 is 0 Å². The predicted molar refractivity (Wildman–Crippen MR) is 127 cm³/mol. The number of amides is 1. The van der Waals surface area contributed by atoms with E-state index in [-0.39, 0.29) is 11.9 Å². The fourth-order valence-corrected chi connectivity index (χ4v) is 3.78.